The first kappa shape index (κ1) is 15.0. The topological polar surface area (TPSA) is 58.6 Å². The molecule has 1 aliphatic rings. The van der Waals surface area contributed by atoms with Gasteiger partial charge in [-0.05, 0) is 39.3 Å². The summed E-state index contributed by atoms with van der Waals surface area (Å²) >= 11 is 0. The lowest BCUT2D eigenvalue weighted by atomic mass is 9.96. The summed E-state index contributed by atoms with van der Waals surface area (Å²) in [4.78, 5) is 25.4. The van der Waals surface area contributed by atoms with Gasteiger partial charge in [0.2, 0.25) is 5.91 Å². The van der Waals surface area contributed by atoms with Crippen molar-refractivity contribution in [1.29, 1.82) is 0 Å². The van der Waals surface area contributed by atoms with Crippen LogP contribution >= 0.6 is 0 Å². The van der Waals surface area contributed by atoms with E-state index in [0.29, 0.717) is 0 Å². The molecule has 18 heavy (non-hydrogen) atoms. The van der Waals surface area contributed by atoms with Gasteiger partial charge in [0.1, 0.15) is 0 Å². The van der Waals surface area contributed by atoms with E-state index in [4.69, 9.17) is 4.74 Å². The van der Waals surface area contributed by atoms with Gasteiger partial charge in [0.25, 0.3) is 0 Å². The maximum Gasteiger partial charge on any atom is 0.308 e. The Labute approximate surface area is 109 Å². The summed E-state index contributed by atoms with van der Waals surface area (Å²) in [5.41, 5.74) is 0. The van der Waals surface area contributed by atoms with Gasteiger partial charge in [0, 0.05) is 6.54 Å². The van der Waals surface area contributed by atoms with Gasteiger partial charge in [-0.1, -0.05) is 6.92 Å². The van der Waals surface area contributed by atoms with Crippen LogP contribution in [0.2, 0.25) is 0 Å². The molecule has 0 radical (unpaired) electrons. The third kappa shape index (κ3) is 3.98. The van der Waals surface area contributed by atoms with E-state index in [9.17, 15) is 9.59 Å². The number of methoxy groups -OCH3 is 1. The highest BCUT2D eigenvalue weighted by molar-refractivity contribution is 5.81. The Morgan fingerprint density at radius 2 is 2.00 bits per heavy atom. The quantitative estimate of drug-likeness (QED) is 0.739. The van der Waals surface area contributed by atoms with Crippen molar-refractivity contribution < 1.29 is 14.3 Å². The number of likely N-dealkylation sites (tertiary alicyclic amines) is 1. The van der Waals surface area contributed by atoms with E-state index >= 15 is 0 Å². The van der Waals surface area contributed by atoms with Crippen LogP contribution in [0.5, 0.6) is 0 Å². The average molecular weight is 256 g/mol. The Bertz CT molecular complexity index is 286. The maximum absolute atomic E-state index is 11.8. The Morgan fingerprint density at radius 3 is 2.50 bits per heavy atom. The Kier molecular flexibility index (Phi) is 6.12. The molecule has 1 heterocycles. The first-order valence-electron chi connectivity index (χ1n) is 6.69. The highest BCUT2D eigenvalue weighted by Gasteiger charge is 2.29. The zero-order valence-corrected chi connectivity index (χ0v) is 11.6. The number of nitrogens with zero attached hydrogens (tertiary/aromatic N) is 1. The predicted molar refractivity (Wildman–Crippen MR) is 69.1 cm³/mol. The zero-order valence-electron chi connectivity index (χ0n) is 11.6. The van der Waals surface area contributed by atoms with Gasteiger partial charge in [-0.2, -0.15) is 0 Å². The molecule has 0 aromatic heterocycles. The van der Waals surface area contributed by atoms with Crippen LogP contribution in [0.25, 0.3) is 0 Å². The number of ether oxygens (including phenoxy) is 1. The Hall–Kier alpha value is -1.10. The molecule has 1 amide bonds. The standard InChI is InChI=1S/C13H24N2O3/c1-4-7-14-12(16)10(2)15-8-5-11(6-9-15)13(17)18-3/h10-11H,4-9H2,1-3H3,(H,14,16). The van der Waals surface area contributed by atoms with Crippen LogP contribution in [0.3, 0.4) is 0 Å². The number of hydrogen-bond acceptors (Lipinski definition) is 4. The zero-order chi connectivity index (χ0) is 13.5. The van der Waals surface area contributed by atoms with E-state index in [-0.39, 0.29) is 23.8 Å². The number of carbonyl (C=O) groups is 2. The van der Waals surface area contributed by atoms with Gasteiger partial charge in [0.15, 0.2) is 0 Å². The highest BCUT2D eigenvalue weighted by Crippen LogP contribution is 2.20. The lowest BCUT2D eigenvalue weighted by Gasteiger charge is -2.34. The van der Waals surface area contributed by atoms with E-state index in [1.54, 1.807) is 0 Å². The van der Waals surface area contributed by atoms with Crippen LogP contribution in [-0.4, -0.2) is 49.6 Å². The minimum atomic E-state index is -0.127. The molecule has 1 fully saturated rings. The predicted octanol–water partition coefficient (Wildman–Crippen LogP) is 0.786. The summed E-state index contributed by atoms with van der Waals surface area (Å²) in [6, 6.07) is -0.116. The summed E-state index contributed by atoms with van der Waals surface area (Å²) in [6.07, 6.45) is 2.50. The van der Waals surface area contributed by atoms with Gasteiger partial charge < -0.3 is 10.1 Å². The van der Waals surface area contributed by atoms with Crippen LogP contribution in [0.15, 0.2) is 0 Å². The molecule has 1 N–H and O–H groups in total. The van der Waals surface area contributed by atoms with Gasteiger partial charge in [-0.15, -0.1) is 0 Å². The number of piperidine rings is 1. The smallest absolute Gasteiger partial charge is 0.308 e. The van der Waals surface area contributed by atoms with Gasteiger partial charge >= 0.3 is 5.97 Å². The van der Waals surface area contributed by atoms with Crippen molar-refractivity contribution in [1.82, 2.24) is 10.2 Å². The molecule has 1 unspecified atom stereocenters. The molecule has 1 aliphatic heterocycles. The lowest BCUT2D eigenvalue weighted by molar-refractivity contribution is -0.147. The fourth-order valence-electron chi connectivity index (χ4n) is 2.25. The molecule has 5 nitrogen and oxygen atoms in total. The number of carbonyl (C=O) groups excluding carboxylic acids is 2. The van der Waals surface area contributed by atoms with Crippen LogP contribution < -0.4 is 5.32 Å². The number of rotatable bonds is 5. The molecular formula is C13H24N2O3. The molecule has 0 aromatic carbocycles. The number of amides is 1. The van der Waals surface area contributed by atoms with Crippen molar-refractivity contribution >= 4 is 11.9 Å². The van der Waals surface area contributed by atoms with Crippen molar-refractivity contribution in [3.8, 4) is 0 Å². The molecule has 0 aromatic rings. The summed E-state index contributed by atoms with van der Waals surface area (Å²) in [6.45, 7) is 6.24. The second-order valence-corrected chi connectivity index (χ2v) is 4.80. The van der Waals surface area contributed by atoms with Crippen molar-refractivity contribution in [3.63, 3.8) is 0 Å². The Morgan fingerprint density at radius 1 is 1.39 bits per heavy atom. The van der Waals surface area contributed by atoms with E-state index in [1.807, 2.05) is 13.8 Å². The molecule has 0 bridgehead atoms. The molecular weight excluding hydrogens is 232 g/mol. The number of hydrogen-bond donors (Lipinski definition) is 1. The van der Waals surface area contributed by atoms with Crippen molar-refractivity contribution in [2.24, 2.45) is 5.92 Å². The van der Waals surface area contributed by atoms with Gasteiger partial charge in [0.05, 0.1) is 19.1 Å². The van der Waals surface area contributed by atoms with Gasteiger partial charge in [-0.25, -0.2) is 0 Å². The van der Waals surface area contributed by atoms with E-state index in [1.165, 1.54) is 7.11 Å². The molecule has 104 valence electrons. The molecule has 1 rings (SSSR count). The molecule has 1 atom stereocenters. The van der Waals surface area contributed by atoms with Crippen LogP contribution in [0, 0.1) is 5.92 Å². The van der Waals surface area contributed by atoms with E-state index in [2.05, 4.69) is 10.2 Å². The second kappa shape index (κ2) is 7.36. The summed E-state index contributed by atoms with van der Waals surface area (Å²) < 4.78 is 4.75. The molecule has 5 heteroatoms. The first-order chi connectivity index (χ1) is 8.60. The van der Waals surface area contributed by atoms with E-state index < -0.39 is 0 Å². The number of nitrogens with one attached hydrogen (secondary N) is 1. The minimum absolute atomic E-state index is 0.00264. The van der Waals surface area contributed by atoms with Crippen molar-refractivity contribution in [3.05, 3.63) is 0 Å². The molecule has 0 aliphatic carbocycles. The molecule has 0 spiro atoms. The van der Waals surface area contributed by atoms with Crippen LogP contribution in [0.1, 0.15) is 33.1 Å². The summed E-state index contributed by atoms with van der Waals surface area (Å²) in [5, 5.41) is 2.90. The van der Waals surface area contributed by atoms with E-state index in [0.717, 1.165) is 38.9 Å². The second-order valence-electron chi connectivity index (χ2n) is 4.80. The Balaban J connectivity index is 2.37. The number of esters is 1. The summed E-state index contributed by atoms with van der Waals surface area (Å²) in [7, 11) is 1.43. The minimum Gasteiger partial charge on any atom is -0.469 e. The fourth-order valence-corrected chi connectivity index (χ4v) is 2.25. The monoisotopic (exact) mass is 256 g/mol. The summed E-state index contributed by atoms with van der Waals surface area (Å²) in [5.74, 6) is -0.0525. The normalized spacial score (nSPS) is 19.3. The van der Waals surface area contributed by atoms with Crippen molar-refractivity contribution in [2.45, 2.75) is 39.2 Å². The van der Waals surface area contributed by atoms with Gasteiger partial charge in [-0.3, -0.25) is 14.5 Å². The molecule has 1 saturated heterocycles. The average Bonchev–Trinajstić information content (AvgIpc) is 2.43. The first-order valence-corrected chi connectivity index (χ1v) is 6.69. The lowest BCUT2D eigenvalue weighted by Crippen LogP contribution is -2.49. The highest BCUT2D eigenvalue weighted by atomic mass is 16.5. The third-order valence-electron chi connectivity index (χ3n) is 3.54. The van der Waals surface area contributed by atoms with Crippen molar-refractivity contribution in [2.75, 3.05) is 26.7 Å². The fraction of sp³-hybridized carbons (Fsp3) is 0.846. The SMILES string of the molecule is CCCNC(=O)C(C)N1CCC(C(=O)OC)CC1. The largest absolute Gasteiger partial charge is 0.469 e. The van der Waals surface area contributed by atoms with Crippen LogP contribution in [-0.2, 0) is 14.3 Å². The maximum atomic E-state index is 11.8. The molecule has 0 saturated carbocycles. The van der Waals surface area contributed by atoms with Crippen LogP contribution in [0.4, 0.5) is 0 Å². The third-order valence-corrected chi connectivity index (χ3v) is 3.54.